The second-order valence-corrected chi connectivity index (χ2v) is 4.04. The van der Waals surface area contributed by atoms with Crippen molar-refractivity contribution in [3.05, 3.63) is 0 Å². The lowest BCUT2D eigenvalue weighted by Gasteiger charge is -2.35. The minimum atomic E-state index is -0.537. The summed E-state index contributed by atoms with van der Waals surface area (Å²) in [6, 6.07) is 0. The molecule has 0 aromatic rings. The van der Waals surface area contributed by atoms with Gasteiger partial charge in [-0.2, -0.15) is 0 Å². The van der Waals surface area contributed by atoms with E-state index in [9.17, 15) is 5.11 Å². The van der Waals surface area contributed by atoms with Crippen molar-refractivity contribution < 1.29 is 14.6 Å². The highest BCUT2D eigenvalue weighted by Gasteiger charge is 2.33. The zero-order chi connectivity index (χ0) is 11.3. The molecule has 1 aliphatic heterocycles. The normalized spacial score (nSPS) is 35.7. The zero-order valence-electron chi connectivity index (χ0n) is 9.69. The third kappa shape index (κ3) is 3.83. The first-order chi connectivity index (χ1) is 7.15. The van der Waals surface area contributed by atoms with Gasteiger partial charge in [0.15, 0.2) is 6.29 Å². The Bertz CT molecular complexity index is 241. The molecule has 0 aromatic carbocycles. The minimum Gasteiger partial charge on any atom is -0.388 e. The van der Waals surface area contributed by atoms with Crippen LogP contribution < -0.4 is 0 Å². The van der Waals surface area contributed by atoms with Crippen molar-refractivity contribution in [3.8, 4) is 11.8 Å². The molecule has 1 aliphatic rings. The van der Waals surface area contributed by atoms with Crippen LogP contribution in [0.25, 0.3) is 0 Å². The maximum atomic E-state index is 9.81. The minimum absolute atomic E-state index is 0.146. The Balaban J connectivity index is 2.38. The van der Waals surface area contributed by atoms with Gasteiger partial charge in [0.05, 0.1) is 6.10 Å². The van der Waals surface area contributed by atoms with Crippen LogP contribution >= 0.6 is 0 Å². The molecule has 0 aromatic heterocycles. The summed E-state index contributed by atoms with van der Waals surface area (Å²) < 4.78 is 10.9. The second kappa shape index (κ2) is 6.12. The van der Waals surface area contributed by atoms with Crippen molar-refractivity contribution in [2.75, 3.05) is 6.61 Å². The molecule has 0 bridgehead atoms. The van der Waals surface area contributed by atoms with Gasteiger partial charge < -0.3 is 14.6 Å². The van der Waals surface area contributed by atoms with Crippen LogP contribution in [0.3, 0.4) is 0 Å². The van der Waals surface area contributed by atoms with Crippen LogP contribution in [0, 0.1) is 17.8 Å². The van der Waals surface area contributed by atoms with Crippen LogP contribution in [0.5, 0.6) is 0 Å². The van der Waals surface area contributed by atoms with Crippen LogP contribution in [0.2, 0.25) is 0 Å². The third-order valence-electron chi connectivity index (χ3n) is 2.55. The van der Waals surface area contributed by atoms with Gasteiger partial charge in [0.25, 0.3) is 0 Å². The Morgan fingerprint density at radius 2 is 2.13 bits per heavy atom. The topological polar surface area (TPSA) is 38.7 Å². The third-order valence-corrected chi connectivity index (χ3v) is 2.55. The van der Waals surface area contributed by atoms with Gasteiger partial charge in [-0.05, 0) is 19.3 Å². The van der Waals surface area contributed by atoms with Crippen LogP contribution in [0.4, 0.5) is 0 Å². The molecular weight excluding hydrogens is 192 g/mol. The van der Waals surface area contributed by atoms with E-state index in [1.54, 1.807) is 0 Å². The van der Waals surface area contributed by atoms with E-state index in [1.165, 1.54) is 0 Å². The van der Waals surface area contributed by atoms with Crippen molar-refractivity contribution in [2.24, 2.45) is 5.92 Å². The summed E-state index contributed by atoms with van der Waals surface area (Å²) in [5.74, 6) is 6.00. The Kier molecular flexibility index (Phi) is 5.10. The van der Waals surface area contributed by atoms with Gasteiger partial charge in [-0.3, -0.25) is 0 Å². The number of rotatable bonds is 2. The Labute approximate surface area is 91.8 Å². The maximum absolute atomic E-state index is 9.81. The molecule has 1 saturated heterocycles. The summed E-state index contributed by atoms with van der Waals surface area (Å²) in [4.78, 5) is 0. The van der Waals surface area contributed by atoms with Gasteiger partial charge >= 0.3 is 0 Å². The van der Waals surface area contributed by atoms with E-state index in [4.69, 9.17) is 9.47 Å². The average Bonchev–Trinajstić information content (AvgIpc) is 2.19. The lowest BCUT2D eigenvalue weighted by atomic mass is 9.95. The smallest absolute Gasteiger partial charge is 0.185 e. The van der Waals surface area contributed by atoms with E-state index in [0.717, 1.165) is 12.8 Å². The summed E-state index contributed by atoms with van der Waals surface area (Å²) in [5, 5.41) is 9.81. The highest BCUT2D eigenvalue weighted by molar-refractivity contribution is 4.98. The predicted octanol–water partition coefficient (Wildman–Crippen LogP) is 1.55. The molecule has 1 rings (SSSR count). The highest BCUT2D eigenvalue weighted by Crippen LogP contribution is 2.25. The first-order valence-corrected chi connectivity index (χ1v) is 5.56. The monoisotopic (exact) mass is 212 g/mol. The fourth-order valence-corrected chi connectivity index (χ4v) is 1.73. The number of hydrogen-bond donors (Lipinski definition) is 1. The molecule has 0 saturated carbocycles. The van der Waals surface area contributed by atoms with Gasteiger partial charge in [-0.15, -0.1) is 5.92 Å². The molecule has 1 heterocycles. The molecule has 0 amide bonds. The van der Waals surface area contributed by atoms with E-state index in [-0.39, 0.29) is 12.0 Å². The molecule has 3 heteroatoms. The number of ether oxygens (including phenoxy) is 2. The molecule has 2 unspecified atom stereocenters. The van der Waals surface area contributed by atoms with Crippen molar-refractivity contribution in [3.63, 3.8) is 0 Å². The van der Waals surface area contributed by atoms with Gasteiger partial charge in [0, 0.05) is 6.42 Å². The van der Waals surface area contributed by atoms with E-state index >= 15 is 0 Å². The van der Waals surface area contributed by atoms with Gasteiger partial charge in [-0.25, -0.2) is 0 Å². The van der Waals surface area contributed by atoms with Gasteiger partial charge in [0.1, 0.15) is 12.7 Å². The van der Waals surface area contributed by atoms with Crippen LogP contribution in [0.1, 0.15) is 33.6 Å². The van der Waals surface area contributed by atoms with Gasteiger partial charge in [0.2, 0.25) is 0 Å². The summed E-state index contributed by atoms with van der Waals surface area (Å²) in [6.45, 7) is 6.33. The molecule has 0 radical (unpaired) electrons. The Morgan fingerprint density at radius 1 is 1.40 bits per heavy atom. The molecule has 1 N–H and O–H groups in total. The highest BCUT2D eigenvalue weighted by atomic mass is 16.7. The summed E-state index contributed by atoms with van der Waals surface area (Å²) in [5.41, 5.74) is 0. The van der Waals surface area contributed by atoms with Crippen LogP contribution in [-0.4, -0.2) is 30.2 Å². The second-order valence-electron chi connectivity index (χ2n) is 4.04. The molecule has 4 atom stereocenters. The quantitative estimate of drug-likeness (QED) is 0.706. The Morgan fingerprint density at radius 3 is 2.80 bits per heavy atom. The van der Waals surface area contributed by atoms with Crippen molar-refractivity contribution >= 4 is 0 Å². The summed E-state index contributed by atoms with van der Waals surface area (Å²) >= 11 is 0. The number of aliphatic hydroxyl groups excluding tert-OH is 1. The van der Waals surface area contributed by atoms with E-state index in [1.807, 2.05) is 20.8 Å². The number of aliphatic hydroxyl groups is 1. The lowest BCUT2D eigenvalue weighted by Crippen LogP contribution is -2.44. The maximum Gasteiger partial charge on any atom is 0.185 e. The Hall–Kier alpha value is -0.560. The molecule has 15 heavy (non-hydrogen) atoms. The molecule has 0 spiro atoms. The molecule has 86 valence electrons. The lowest BCUT2D eigenvalue weighted by molar-refractivity contribution is -0.245. The summed E-state index contributed by atoms with van der Waals surface area (Å²) in [6.07, 6.45) is 0.790. The van der Waals surface area contributed by atoms with E-state index in [0.29, 0.717) is 6.61 Å². The van der Waals surface area contributed by atoms with Crippen LogP contribution in [0.15, 0.2) is 0 Å². The first kappa shape index (κ1) is 12.5. The zero-order valence-corrected chi connectivity index (χ0v) is 9.69. The fraction of sp³-hybridized carbons (Fsp3) is 0.833. The molecule has 1 fully saturated rings. The number of hydrogen-bond acceptors (Lipinski definition) is 3. The molecular formula is C12H20O3. The SMILES string of the molecule is CCC#CCO[C@@H]1OC(C)CC(C)[C@H]1O. The predicted molar refractivity (Wildman–Crippen MR) is 58.1 cm³/mol. The van der Waals surface area contributed by atoms with Crippen molar-refractivity contribution in [2.45, 2.75) is 52.1 Å². The van der Waals surface area contributed by atoms with Gasteiger partial charge in [-0.1, -0.05) is 19.8 Å². The standard InChI is InChI=1S/C12H20O3/c1-4-5-6-7-14-12-11(13)9(2)8-10(3)15-12/h9-13H,4,7-8H2,1-3H3/t9?,10?,11-,12-/m1/s1. The van der Waals surface area contributed by atoms with Crippen LogP contribution in [-0.2, 0) is 9.47 Å². The first-order valence-electron chi connectivity index (χ1n) is 5.56. The average molecular weight is 212 g/mol. The van der Waals surface area contributed by atoms with E-state index in [2.05, 4.69) is 11.8 Å². The molecule has 3 nitrogen and oxygen atoms in total. The van der Waals surface area contributed by atoms with Crippen molar-refractivity contribution in [1.29, 1.82) is 0 Å². The van der Waals surface area contributed by atoms with Crippen molar-refractivity contribution in [1.82, 2.24) is 0 Å². The fourth-order valence-electron chi connectivity index (χ4n) is 1.73. The van der Waals surface area contributed by atoms with E-state index < -0.39 is 12.4 Å². The molecule has 0 aliphatic carbocycles. The summed E-state index contributed by atoms with van der Waals surface area (Å²) in [7, 11) is 0. The largest absolute Gasteiger partial charge is 0.388 e.